The molecule has 1 saturated heterocycles. The van der Waals surface area contributed by atoms with Gasteiger partial charge in [-0.15, -0.1) is 0 Å². The van der Waals surface area contributed by atoms with Crippen LogP contribution in [0.3, 0.4) is 0 Å². The van der Waals surface area contributed by atoms with E-state index in [1.807, 2.05) is 6.92 Å². The highest BCUT2D eigenvalue weighted by Gasteiger charge is 2.63. The molecule has 22 heavy (non-hydrogen) atoms. The molecule has 120 valence electrons. The molecule has 9 heteroatoms. The van der Waals surface area contributed by atoms with Crippen molar-refractivity contribution in [3.63, 3.8) is 0 Å². The van der Waals surface area contributed by atoms with Crippen LogP contribution >= 0.6 is 0 Å². The molecule has 0 bridgehead atoms. The first-order chi connectivity index (χ1) is 10.3. The second-order valence-electron chi connectivity index (χ2n) is 5.43. The predicted molar refractivity (Wildman–Crippen MR) is 72.4 cm³/mol. The zero-order valence-corrected chi connectivity index (χ0v) is 11.9. The Hall–Kier alpha value is -1.93. The number of fused-ring (bicyclic) bond motifs is 1. The van der Waals surface area contributed by atoms with E-state index in [9.17, 15) is 17.6 Å². The van der Waals surface area contributed by atoms with Crippen molar-refractivity contribution in [2.24, 2.45) is 0 Å². The van der Waals surface area contributed by atoms with Crippen molar-refractivity contribution in [2.45, 2.75) is 38.0 Å². The quantitative estimate of drug-likeness (QED) is 0.881. The van der Waals surface area contributed by atoms with Gasteiger partial charge in [-0.25, -0.2) is 15.0 Å². The molecule has 0 atom stereocenters. The fourth-order valence-corrected chi connectivity index (χ4v) is 2.45. The van der Waals surface area contributed by atoms with Crippen molar-refractivity contribution in [1.29, 1.82) is 0 Å². The number of H-pyrrole nitrogens is 1. The number of hydrogen-bond acceptors (Lipinski definition) is 4. The van der Waals surface area contributed by atoms with Crippen LogP contribution in [0, 0.1) is 0 Å². The summed E-state index contributed by atoms with van der Waals surface area (Å²) in [7, 11) is 0. The van der Waals surface area contributed by atoms with Gasteiger partial charge in [0, 0.05) is 6.42 Å². The standard InChI is InChI=1S/C13H15F4N5/c1-2-3-4-8-20-10-9(18-7-19-10)11(21-8)22-5-12(14,15)13(16,17)6-22/h7H,2-6H2,1H3,(H,18,19,20,21). The van der Waals surface area contributed by atoms with E-state index in [1.165, 1.54) is 6.33 Å². The molecule has 2 aromatic heterocycles. The number of unbranched alkanes of at least 4 members (excludes halogenated alkanes) is 1. The highest BCUT2D eigenvalue weighted by atomic mass is 19.3. The Bertz CT molecular complexity index is 668. The van der Waals surface area contributed by atoms with E-state index in [2.05, 4.69) is 19.9 Å². The number of nitrogens with zero attached hydrogens (tertiary/aromatic N) is 4. The lowest BCUT2D eigenvalue weighted by atomic mass is 10.2. The van der Waals surface area contributed by atoms with Crippen molar-refractivity contribution in [3.05, 3.63) is 12.2 Å². The third-order valence-electron chi connectivity index (χ3n) is 3.68. The first-order valence-electron chi connectivity index (χ1n) is 7.04. The van der Waals surface area contributed by atoms with Gasteiger partial charge in [0.05, 0.1) is 19.4 Å². The average Bonchev–Trinajstić information content (AvgIpc) is 2.98. The summed E-state index contributed by atoms with van der Waals surface area (Å²) >= 11 is 0. The number of aromatic nitrogens is 4. The fourth-order valence-electron chi connectivity index (χ4n) is 2.45. The van der Waals surface area contributed by atoms with Gasteiger partial charge in [-0.2, -0.15) is 17.6 Å². The van der Waals surface area contributed by atoms with Crippen molar-refractivity contribution in [3.8, 4) is 0 Å². The normalized spacial score (nSPS) is 20.0. The summed E-state index contributed by atoms with van der Waals surface area (Å²) < 4.78 is 53.7. The van der Waals surface area contributed by atoms with E-state index in [-0.39, 0.29) is 5.82 Å². The molecule has 3 rings (SSSR count). The number of rotatable bonds is 4. The van der Waals surface area contributed by atoms with E-state index in [0.717, 1.165) is 17.7 Å². The van der Waals surface area contributed by atoms with E-state index in [4.69, 9.17) is 0 Å². The minimum atomic E-state index is -4.08. The van der Waals surface area contributed by atoms with Gasteiger partial charge in [-0.3, -0.25) is 0 Å². The monoisotopic (exact) mass is 317 g/mol. The molecule has 1 aliphatic rings. The first kappa shape index (κ1) is 15.0. The minimum Gasteiger partial charge on any atom is -0.342 e. The third kappa shape index (κ3) is 2.38. The van der Waals surface area contributed by atoms with Crippen molar-refractivity contribution < 1.29 is 17.6 Å². The maximum absolute atomic E-state index is 13.4. The average molecular weight is 317 g/mol. The van der Waals surface area contributed by atoms with Crippen LogP contribution in [-0.2, 0) is 6.42 Å². The topological polar surface area (TPSA) is 57.7 Å². The Kier molecular flexibility index (Phi) is 3.45. The molecular formula is C13H15F4N5. The Morgan fingerprint density at radius 2 is 1.86 bits per heavy atom. The summed E-state index contributed by atoms with van der Waals surface area (Å²) in [5.74, 6) is -7.66. The Morgan fingerprint density at radius 1 is 1.18 bits per heavy atom. The smallest absolute Gasteiger partial charge is 0.329 e. The Labute approximate surface area is 123 Å². The summed E-state index contributed by atoms with van der Waals surface area (Å²) in [4.78, 5) is 16.0. The van der Waals surface area contributed by atoms with Gasteiger partial charge >= 0.3 is 11.8 Å². The first-order valence-corrected chi connectivity index (χ1v) is 7.04. The van der Waals surface area contributed by atoms with Crippen LogP contribution in [0.5, 0.6) is 0 Å². The van der Waals surface area contributed by atoms with Crippen molar-refractivity contribution in [1.82, 2.24) is 19.9 Å². The number of aryl methyl sites for hydroxylation is 1. The Balaban J connectivity index is 2.01. The molecular weight excluding hydrogens is 302 g/mol. The van der Waals surface area contributed by atoms with Gasteiger partial charge in [-0.05, 0) is 6.42 Å². The molecule has 1 N–H and O–H groups in total. The Morgan fingerprint density at radius 3 is 2.50 bits per heavy atom. The van der Waals surface area contributed by atoms with Gasteiger partial charge in [0.1, 0.15) is 11.3 Å². The molecule has 1 fully saturated rings. The van der Waals surface area contributed by atoms with Gasteiger partial charge in [0.2, 0.25) is 0 Å². The van der Waals surface area contributed by atoms with Crippen molar-refractivity contribution in [2.75, 3.05) is 18.0 Å². The number of anilines is 1. The SMILES string of the molecule is CCCCc1nc(N2CC(F)(F)C(F)(F)C2)c2[nH]cnc2n1. The summed E-state index contributed by atoms with van der Waals surface area (Å²) in [5.41, 5.74) is 0.600. The highest BCUT2D eigenvalue weighted by molar-refractivity contribution is 5.83. The highest BCUT2D eigenvalue weighted by Crippen LogP contribution is 2.43. The summed E-state index contributed by atoms with van der Waals surface area (Å²) in [6.45, 7) is -0.147. The second-order valence-corrected chi connectivity index (χ2v) is 5.43. The molecule has 5 nitrogen and oxygen atoms in total. The number of aromatic amines is 1. The molecule has 1 aliphatic heterocycles. The maximum atomic E-state index is 13.4. The third-order valence-corrected chi connectivity index (χ3v) is 3.68. The van der Waals surface area contributed by atoms with Crippen LogP contribution in [0.2, 0.25) is 0 Å². The zero-order valence-electron chi connectivity index (χ0n) is 11.9. The van der Waals surface area contributed by atoms with E-state index >= 15 is 0 Å². The maximum Gasteiger partial charge on any atom is 0.329 e. The fraction of sp³-hybridized carbons (Fsp3) is 0.615. The van der Waals surface area contributed by atoms with Gasteiger partial charge in [-0.1, -0.05) is 13.3 Å². The molecule has 0 radical (unpaired) electrons. The lowest BCUT2D eigenvalue weighted by molar-refractivity contribution is -0.172. The summed E-state index contributed by atoms with van der Waals surface area (Å²) in [5, 5.41) is 0. The van der Waals surface area contributed by atoms with Crippen LogP contribution in [0.25, 0.3) is 11.2 Å². The van der Waals surface area contributed by atoms with E-state index < -0.39 is 24.9 Å². The van der Waals surface area contributed by atoms with E-state index in [0.29, 0.717) is 23.4 Å². The molecule has 0 unspecified atom stereocenters. The van der Waals surface area contributed by atoms with Crippen LogP contribution in [-0.4, -0.2) is 44.9 Å². The van der Waals surface area contributed by atoms with Crippen LogP contribution < -0.4 is 4.90 Å². The minimum absolute atomic E-state index is 0.0606. The number of alkyl halides is 4. The van der Waals surface area contributed by atoms with E-state index in [1.54, 1.807) is 0 Å². The molecule has 0 aliphatic carbocycles. The summed E-state index contributed by atoms with van der Waals surface area (Å²) in [6, 6.07) is 0. The number of hydrogen-bond donors (Lipinski definition) is 1. The molecule has 0 amide bonds. The zero-order chi connectivity index (χ0) is 16.0. The molecule has 0 aromatic carbocycles. The number of nitrogens with one attached hydrogen (secondary N) is 1. The number of halogens is 4. The van der Waals surface area contributed by atoms with Gasteiger partial charge in [0.15, 0.2) is 11.5 Å². The van der Waals surface area contributed by atoms with Gasteiger partial charge in [0.25, 0.3) is 0 Å². The van der Waals surface area contributed by atoms with Crippen molar-refractivity contribution >= 4 is 17.0 Å². The largest absolute Gasteiger partial charge is 0.342 e. The lowest BCUT2D eigenvalue weighted by Gasteiger charge is -2.17. The van der Waals surface area contributed by atoms with Gasteiger partial charge < -0.3 is 9.88 Å². The lowest BCUT2D eigenvalue weighted by Crippen LogP contribution is -2.38. The molecule has 2 aromatic rings. The van der Waals surface area contributed by atoms with Crippen LogP contribution in [0.1, 0.15) is 25.6 Å². The predicted octanol–water partition coefficient (Wildman–Crippen LogP) is 2.79. The number of imidazole rings is 1. The molecule has 3 heterocycles. The van der Waals surface area contributed by atoms with Crippen LogP contribution in [0.15, 0.2) is 6.33 Å². The summed E-state index contributed by atoms with van der Waals surface area (Å²) in [6.07, 6.45) is 3.63. The van der Waals surface area contributed by atoms with Crippen LogP contribution in [0.4, 0.5) is 23.4 Å². The molecule has 0 saturated carbocycles. The molecule has 0 spiro atoms. The second kappa shape index (κ2) is 5.06.